The lowest BCUT2D eigenvalue weighted by molar-refractivity contribution is 0.0695. The molecule has 0 bridgehead atoms. The number of benzene rings is 1. The van der Waals surface area contributed by atoms with Crippen LogP contribution in [0.25, 0.3) is 0 Å². The number of rotatable bonds is 49. The van der Waals surface area contributed by atoms with E-state index in [-0.39, 0.29) is 5.56 Å². The van der Waals surface area contributed by atoms with Crippen LogP contribution in [-0.2, 0) is 0 Å². The Morgan fingerprint density at radius 3 is 0.722 bits per heavy atom. The van der Waals surface area contributed by atoms with Crippen LogP contribution in [0.2, 0.25) is 0 Å². The minimum atomic E-state index is -0.971. The van der Waals surface area contributed by atoms with E-state index in [1.54, 1.807) is 12.1 Å². The van der Waals surface area contributed by atoms with E-state index in [9.17, 15) is 9.90 Å². The van der Waals surface area contributed by atoms with Crippen LogP contribution in [0.1, 0.15) is 307 Å². The zero-order valence-corrected chi connectivity index (χ0v) is 51.0. The predicted octanol–water partition coefficient (Wildman–Crippen LogP) is 21.9. The molecule has 9 atom stereocenters. The van der Waals surface area contributed by atoms with Gasteiger partial charge in [0.1, 0.15) is 0 Å². The maximum Gasteiger partial charge on any atom is 0.335 e. The van der Waals surface area contributed by atoms with Crippen molar-refractivity contribution in [2.24, 2.45) is 71.0 Å². The zero-order valence-electron chi connectivity index (χ0n) is 51.0. The Hall–Kier alpha value is -1.91. The van der Waals surface area contributed by atoms with E-state index < -0.39 is 5.97 Å². The van der Waals surface area contributed by atoms with Crippen LogP contribution in [-0.4, -0.2) is 30.9 Å². The molecule has 424 valence electrons. The minimum absolute atomic E-state index is 0.189. The largest absolute Gasteiger partial charge is 0.490 e. The van der Waals surface area contributed by atoms with Crippen molar-refractivity contribution in [1.82, 2.24) is 0 Å². The summed E-state index contributed by atoms with van der Waals surface area (Å²) in [6, 6.07) is 3.33. The SMILES string of the molecule is CC(C)CCCC(C)CCCC(C)CCCC(C)CCOc1cc(C(=O)O)cc(OCCC(C)CCCC(C)CCCC(C)CCCC(C)C)c1OCCC(C)CCCC(C)CCCC(C)CCCC(C)C. The first-order valence-electron chi connectivity index (χ1n) is 31.5. The third-order valence-electron chi connectivity index (χ3n) is 16.7. The van der Waals surface area contributed by atoms with Crippen LogP contribution in [0.3, 0.4) is 0 Å². The molecule has 1 N–H and O–H groups in total. The highest BCUT2D eigenvalue weighted by Crippen LogP contribution is 2.40. The highest BCUT2D eigenvalue weighted by atomic mass is 16.5. The van der Waals surface area contributed by atoms with Gasteiger partial charge < -0.3 is 19.3 Å². The van der Waals surface area contributed by atoms with Gasteiger partial charge in [0.05, 0.1) is 25.4 Å². The van der Waals surface area contributed by atoms with Crippen molar-refractivity contribution in [3.05, 3.63) is 17.7 Å². The third-order valence-corrected chi connectivity index (χ3v) is 16.7. The van der Waals surface area contributed by atoms with Gasteiger partial charge in [0.2, 0.25) is 5.75 Å². The van der Waals surface area contributed by atoms with Crippen LogP contribution in [0.4, 0.5) is 0 Å². The third kappa shape index (κ3) is 37.8. The molecule has 9 unspecified atom stereocenters. The maximum atomic E-state index is 12.5. The summed E-state index contributed by atoms with van der Waals surface area (Å²) in [7, 11) is 0. The second-order valence-electron chi connectivity index (χ2n) is 26.5. The molecule has 0 aliphatic rings. The fourth-order valence-electron chi connectivity index (χ4n) is 11.0. The van der Waals surface area contributed by atoms with Gasteiger partial charge in [-0.15, -0.1) is 0 Å². The number of hydrogen-bond acceptors (Lipinski definition) is 4. The van der Waals surface area contributed by atoms with Gasteiger partial charge in [-0.3, -0.25) is 0 Å². The molecule has 0 heterocycles. The molecule has 0 spiro atoms. The number of ether oxygens (including phenoxy) is 3. The summed E-state index contributed by atoms with van der Waals surface area (Å²) in [4.78, 5) is 12.5. The second-order valence-corrected chi connectivity index (χ2v) is 26.5. The number of carboxylic acid groups (broad SMARTS) is 1. The number of hydrogen-bond donors (Lipinski definition) is 1. The summed E-state index contributed by atoms with van der Waals surface area (Å²) < 4.78 is 19.6. The summed E-state index contributed by atoms with van der Waals surface area (Å²) >= 11 is 0. The molecule has 0 radical (unpaired) electrons. The molecule has 0 saturated carbocycles. The number of aromatic carboxylic acids is 1. The molecule has 0 amide bonds. The van der Waals surface area contributed by atoms with Gasteiger partial charge in [-0.2, -0.15) is 0 Å². The second kappa shape index (κ2) is 42.2. The fourth-order valence-corrected chi connectivity index (χ4v) is 11.0. The molecular formula is C67H126O5. The monoisotopic (exact) mass is 1010 g/mol. The van der Waals surface area contributed by atoms with Crippen molar-refractivity contribution >= 4 is 5.97 Å². The molecule has 72 heavy (non-hydrogen) atoms. The molecule has 0 aromatic heterocycles. The quantitative estimate of drug-likeness (QED) is 0.0705. The lowest BCUT2D eigenvalue weighted by Crippen LogP contribution is -2.12. The molecule has 1 aromatic rings. The van der Waals surface area contributed by atoms with E-state index in [1.807, 2.05) is 0 Å². The van der Waals surface area contributed by atoms with Gasteiger partial charge in [0.25, 0.3) is 0 Å². The van der Waals surface area contributed by atoms with Crippen LogP contribution in [0.5, 0.6) is 17.2 Å². The van der Waals surface area contributed by atoms with Crippen molar-refractivity contribution in [3.63, 3.8) is 0 Å². The Kier molecular flexibility index (Phi) is 39.9. The minimum Gasteiger partial charge on any atom is -0.490 e. The lowest BCUT2D eigenvalue weighted by atomic mass is 9.91. The Balaban J connectivity index is 2.82. The first-order valence-corrected chi connectivity index (χ1v) is 31.5. The smallest absolute Gasteiger partial charge is 0.335 e. The molecule has 5 nitrogen and oxygen atoms in total. The van der Waals surface area contributed by atoms with E-state index in [4.69, 9.17) is 14.2 Å². The highest BCUT2D eigenvalue weighted by Gasteiger charge is 2.21. The van der Waals surface area contributed by atoms with Gasteiger partial charge in [-0.25, -0.2) is 4.79 Å². The Morgan fingerprint density at radius 1 is 0.319 bits per heavy atom. The van der Waals surface area contributed by atoms with Crippen molar-refractivity contribution in [3.8, 4) is 17.2 Å². The van der Waals surface area contributed by atoms with Crippen molar-refractivity contribution in [2.45, 2.75) is 296 Å². The summed E-state index contributed by atoms with van der Waals surface area (Å²) in [5.74, 6) is 9.56. The van der Waals surface area contributed by atoms with Gasteiger partial charge in [-0.05, 0) is 102 Å². The molecule has 0 aliphatic carbocycles. The summed E-state index contributed by atoms with van der Waals surface area (Å²) in [5, 5.41) is 10.2. The standard InChI is InChI=1S/C67H126O5/c1-51(2)25-16-28-54(7)31-19-34-57(10)37-22-40-60(13)43-46-70-64-49-63(67(68)69)50-65(71-47-44-61(14)41-23-38-58(11)35-20-32-55(8)29-17-26-52(3)4)66(64)72-48-45-62(15)42-24-39-59(12)36-21-33-56(9)30-18-27-53(5)6/h49-62H,16-48H2,1-15H3,(H,68,69). The lowest BCUT2D eigenvalue weighted by Gasteiger charge is -2.21. The topological polar surface area (TPSA) is 65.0 Å². The van der Waals surface area contributed by atoms with E-state index >= 15 is 0 Å². The van der Waals surface area contributed by atoms with Crippen LogP contribution >= 0.6 is 0 Å². The van der Waals surface area contributed by atoms with E-state index in [2.05, 4.69) is 104 Å². The van der Waals surface area contributed by atoms with Crippen molar-refractivity contribution in [2.75, 3.05) is 19.8 Å². The average molecular weight is 1010 g/mol. The molecule has 0 aliphatic heterocycles. The zero-order chi connectivity index (χ0) is 53.7. The molecule has 0 saturated heterocycles. The molecule has 5 heteroatoms. The van der Waals surface area contributed by atoms with Crippen molar-refractivity contribution < 1.29 is 24.1 Å². The molecular weight excluding hydrogens is 885 g/mol. The number of carbonyl (C=O) groups is 1. The van der Waals surface area contributed by atoms with E-state index in [1.165, 1.54) is 173 Å². The number of carboxylic acids is 1. The Morgan fingerprint density at radius 2 is 0.514 bits per heavy atom. The maximum absolute atomic E-state index is 12.5. The van der Waals surface area contributed by atoms with E-state index in [0.717, 1.165) is 72.5 Å². The van der Waals surface area contributed by atoms with Crippen LogP contribution < -0.4 is 14.2 Å². The molecule has 1 rings (SSSR count). The highest BCUT2D eigenvalue weighted by molar-refractivity contribution is 5.89. The average Bonchev–Trinajstić information content (AvgIpc) is 3.29. The fraction of sp³-hybridized carbons (Fsp3) is 0.896. The Bertz CT molecular complexity index is 1350. The van der Waals surface area contributed by atoms with Crippen LogP contribution in [0, 0.1) is 71.0 Å². The summed E-state index contributed by atoms with van der Waals surface area (Å²) in [6.45, 7) is 37.3. The van der Waals surface area contributed by atoms with Gasteiger partial charge in [0.15, 0.2) is 11.5 Å². The van der Waals surface area contributed by atoms with Crippen LogP contribution in [0.15, 0.2) is 12.1 Å². The van der Waals surface area contributed by atoms with Gasteiger partial charge in [-0.1, -0.05) is 277 Å². The first kappa shape index (κ1) is 68.1. The summed E-state index contributed by atoms with van der Waals surface area (Å²) in [5.41, 5.74) is 0.189. The van der Waals surface area contributed by atoms with Crippen molar-refractivity contribution in [1.29, 1.82) is 0 Å². The normalized spacial score (nSPS) is 15.9. The van der Waals surface area contributed by atoms with Gasteiger partial charge in [0, 0.05) is 0 Å². The Labute approximate surface area is 450 Å². The molecule has 1 aromatic carbocycles. The molecule has 0 fully saturated rings. The van der Waals surface area contributed by atoms with Gasteiger partial charge >= 0.3 is 5.97 Å². The summed E-state index contributed by atoms with van der Waals surface area (Å²) in [6.07, 6.45) is 38.5. The van der Waals surface area contributed by atoms with E-state index in [0.29, 0.717) is 54.8 Å². The predicted molar refractivity (Wildman–Crippen MR) is 315 cm³/mol. The first-order chi connectivity index (χ1) is 34.2.